The van der Waals surface area contributed by atoms with Crippen molar-refractivity contribution < 1.29 is 9.90 Å². The van der Waals surface area contributed by atoms with Crippen LogP contribution in [0.3, 0.4) is 0 Å². The minimum atomic E-state index is -0.663. The van der Waals surface area contributed by atoms with Crippen molar-refractivity contribution >= 4 is 52.5 Å². The third-order valence-corrected chi connectivity index (χ3v) is 9.11. The molecule has 2 N–H and O–H groups in total. The highest BCUT2D eigenvalue weighted by molar-refractivity contribution is 6.35. The van der Waals surface area contributed by atoms with Gasteiger partial charge < -0.3 is 20.2 Å². The Labute approximate surface area is 227 Å². The fourth-order valence-electron chi connectivity index (χ4n) is 5.89. The number of piperidine rings is 1. The molecule has 2 atom stereocenters. The van der Waals surface area contributed by atoms with Crippen molar-refractivity contribution in [3.8, 4) is 0 Å². The molecule has 0 radical (unpaired) electrons. The summed E-state index contributed by atoms with van der Waals surface area (Å²) in [5, 5.41) is 14.5. The van der Waals surface area contributed by atoms with Gasteiger partial charge in [-0.1, -0.05) is 40.9 Å². The van der Waals surface area contributed by atoms with Crippen LogP contribution < -0.4 is 10.2 Å². The van der Waals surface area contributed by atoms with Crippen molar-refractivity contribution in [3.63, 3.8) is 0 Å². The molecule has 1 aromatic heterocycles. The average molecular weight is 553 g/mol. The van der Waals surface area contributed by atoms with Crippen molar-refractivity contribution in [2.75, 3.05) is 36.4 Å². The number of halogens is 3. The quantitative estimate of drug-likeness (QED) is 0.435. The summed E-state index contributed by atoms with van der Waals surface area (Å²) in [5.41, 5.74) is 0.372. The molecule has 3 fully saturated rings. The molecule has 194 valence electrons. The Morgan fingerprint density at radius 3 is 2.61 bits per heavy atom. The number of hydrogen-bond acceptors (Lipinski definition) is 6. The molecule has 0 bridgehead atoms. The molecule has 3 heterocycles. The Hall–Kier alpha value is -1.80. The predicted molar refractivity (Wildman–Crippen MR) is 144 cm³/mol. The van der Waals surface area contributed by atoms with Crippen LogP contribution in [-0.2, 0) is 4.79 Å². The summed E-state index contributed by atoms with van der Waals surface area (Å²) >= 11 is 18.8. The van der Waals surface area contributed by atoms with Gasteiger partial charge in [-0.25, -0.2) is 4.98 Å². The first-order valence-corrected chi connectivity index (χ1v) is 13.7. The SMILES string of the molecule is C[C@@H](Nc1nc(N2CC([C@H]3CCCN([C@H]4C[C@@](C)(C(=O)O)C4)C3)C2)ncc1Cl)c1ccc(Cl)cc1Cl. The minimum Gasteiger partial charge on any atom is -0.481 e. The lowest BCUT2D eigenvalue weighted by molar-refractivity contribution is -0.158. The van der Waals surface area contributed by atoms with E-state index in [0.29, 0.717) is 44.7 Å². The summed E-state index contributed by atoms with van der Waals surface area (Å²) in [7, 11) is 0. The van der Waals surface area contributed by atoms with Gasteiger partial charge in [-0.2, -0.15) is 4.98 Å². The summed E-state index contributed by atoms with van der Waals surface area (Å²) in [4.78, 5) is 25.4. The molecule has 3 aliphatic rings. The lowest BCUT2D eigenvalue weighted by Crippen LogP contribution is -2.58. The van der Waals surface area contributed by atoms with Crippen molar-refractivity contribution in [1.29, 1.82) is 0 Å². The third kappa shape index (κ3) is 5.13. The zero-order valence-corrected chi connectivity index (χ0v) is 22.8. The highest BCUT2D eigenvalue weighted by atomic mass is 35.5. The number of carboxylic acids is 1. The van der Waals surface area contributed by atoms with E-state index in [0.717, 1.165) is 44.6 Å². The largest absolute Gasteiger partial charge is 0.481 e. The number of carbonyl (C=O) groups is 1. The molecular formula is C26H32Cl3N5O2. The van der Waals surface area contributed by atoms with Crippen LogP contribution in [0.2, 0.25) is 15.1 Å². The van der Waals surface area contributed by atoms with E-state index < -0.39 is 11.4 Å². The first kappa shape index (κ1) is 25.8. The van der Waals surface area contributed by atoms with E-state index in [9.17, 15) is 9.90 Å². The molecule has 2 aromatic rings. The number of rotatable bonds is 7. The smallest absolute Gasteiger partial charge is 0.309 e. The Morgan fingerprint density at radius 1 is 1.17 bits per heavy atom. The van der Waals surface area contributed by atoms with Crippen LogP contribution in [0.25, 0.3) is 0 Å². The summed E-state index contributed by atoms with van der Waals surface area (Å²) in [6.07, 6.45) is 5.58. The van der Waals surface area contributed by atoms with Gasteiger partial charge in [-0.3, -0.25) is 4.79 Å². The molecule has 7 nitrogen and oxygen atoms in total. The zero-order valence-electron chi connectivity index (χ0n) is 20.6. The van der Waals surface area contributed by atoms with E-state index >= 15 is 0 Å². The highest BCUT2D eigenvalue weighted by Gasteiger charge is 2.49. The van der Waals surface area contributed by atoms with Crippen LogP contribution in [0.5, 0.6) is 0 Å². The minimum absolute atomic E-state index is 0.109. The summed E-state index contributed by atoms with van der Waals surface area (Å²) in [5.74, 6) is 1.82. The Balaban J connectivity index is 1.17. The normalized spacial score (nSPS) is 27.8. The summed E-state index contributed by atoms with van der Waals surface area (Å²) in [6.45, 7) is 7.87. The molecule has 1 aromatic carbocycles. The Kier molecular flexibility index (Phi) is 7.29. The topological polar surface area (TPSA) is 81.6 Å². The van der Waals surface area contributed by atoms with Gasteiger partial charge in [0.1, 0.15) is 5.02 Å². The number of aliphatic carboxylic acids is 1. The monoisotopic (exact) mass is 551 g/mol. The zero-order chi connectivity index (χ0) is 25.6. The third-order valence-electron chi connectivity index (χ3n) is 8.27. The second-order valence-corrected chi connectivity index (χ2v) is 12.1. The number of anilines is 2. The molecule has 10 heteroatoms. The maximum Gasteiger partial charge on any atom is 0.309 e. The average Bonchev–Trinajstić information content (AvgIpc) is 2.78. The lowest BCUT2D eigenvalue weighted by Gasteiger charge is -2.52. The number of likely N-dealkylation sites (tertiary alicyclic amines) is 1. The van der Waals surface area contributed by atoms with E-state index in [-0.39, 0.29) is 6.04 Å². The number of nitrogens with one attached hydrogen (secondary N) is 1. The van der Waals surface area contributed by atoms with E-state index in [2.05, 4.69) is 20.1 Å². The van der Waals surface area contributed by atoms with Gasteiger partial charge in [-0.05, 0) is 75.6 Å². The van der Waals surface area contributed by atoms with Crippen LogP contribution in [-0.4, -0.2) is 58.2 Å². The van der Waals surface area contributed by atoms with Crippen LogP contribution >= 0.6 is 34.8 Å². The van der Waals surface area contributed by atoms with Gasteiger partial charge in [0.25, 0.3) is 0 Å². The highest BCUT2D eigenvalue weighted by Crippen LogP contribution is 2.45. The second-order valence-electron chi connectivity index (χ2n) is 10.9. The van der Waals surface area contributed by atoms with Crippen molar-refractivity contribution in [3.05, 3.63) is 45.0 Å². The van der Waals surface area contributed by atoms with Crippen LogP contribution in [0.1, 0.15) is 51.1 Å². The molecule has 36 heavy (non-hydrogen) atoms. The molecule has 0 unspecified atom stereocenters. The van der Waals surface area contributed by atoms with Crippen LogP contribution in [0, 0.1) is 17.3 Å². The van der Waals surface area contributed by atoms with Gasteiger partial charge in [0.15, 0.2) is 5.82 Å². The van der Waals surface area contributed by atoms with E-state index in [1.807, 2.05) is 26.0 Å². The molecule has 1 saturated carbocycles. The first-order valence-electron chi connectivity index (χ1n) is 12.6. The number of carboxylic acid groups (broad SMARTS) is 1. The molecule has 2 saturated heterocycles. The molecule has 0 amide bonds. The van der Waals surface area contributed by atoms with Crippen LogP contribution in [0.15, 0.2) is 24.4 Å². The molecular weight excluding hydrogens is 521 g/mol. The van der Waals surface area contributed by atoms with Gasteiger partial charge in [0.2, 0.25) is 5.95 Å². The van der Waals surface area contributed by atoms with E-state index in [1.54, 1.807) is 12.3 Å². The van der Waals surface area contributed by atoms with Gasteiger partial charge >= 0.3 is 5.97 Å². The Bertz CT molecular complexity index is 1140. The maximum atomic E-state index is 11.5. The summed E-state index contributed by atoms with van der Waals surface area (Å²) in [6, 6.07) is 5.75. The molecule has 2 aliphatic heterocycles. The summed E-state index contributed by atoms with van der Waals surface area (Å²) < 4.78 is 0. The van der Waals surface area contributed by atoms with E-state index in [1.165, 1.54) is 12.8 Å². The van der Waals surface area contributed by atoms with Crippen molar-refractivity contribution in [1.82, 2.24) is 14.9 Å². The predicted octanol–water partition coefficient (Wildman–Crippen LogP) is 6.01. The second kappa shape index (κ2) is 10.2. The van der Waals surface area contributed by atoms with Crippen LogP contribution in [0.4, 0.5) is 11.8 Å². The fraction of sp³-hybridized carbons (Fsp3) is 0.577. The first-order chi connectivity index (χ1) is 17.1. The van der Waals surface area contributed by atoms with Gasteiger partial charge in [-0.15, -0.1) is 0 Å². The number of nitrogens with zero attached hydrogens (tertiary/aromatic N) is 4. The van der Waals surface area contributed by atoms with E-state index in [4.69, 9.17) is 39.8 Å². The number of benzene rings is 1. The van der Waals surface area contributed by atoms with Gasteiger partial charge in [0, 0.05) is 35.7 Å². The molecule has 1 aliphatic carbocycles. The fourth-order valence-corrected chi connectivity index (χ4v) is 6.61. The van der Waals surface area contributed by atoms with Gasteiger partial charge in [0.05, 0.1) is 17.7 Å². The number of hydrogen-bond donors (Lipinski definition) is 2. The standard InChI is InChI=1S/C26H32Cl3N5O2/c1-15(20-6-5-18(27)8-21(20)28)31-23-22(29)11-30-25(32-23)34-13-17(14-34)16-4-3-7-33(12-16)19-9-26(2,10-19)24(35)36/h5-6,8,11,15-17,19H,3-4,7,9-10,12-14H2,1-2H3,(H,35,36)(H,30,31,32)/t15-,16+,19-,26+/m1/s1. The Morgan fingerprint density at radius 2 is 1.92 bits per heavy atom. The maximum absolute atomic E-state index is 11.5. The lowest BCUT2D eigenvalue weighted by atomic mass is 9.65. The molecule has 5 rings (SSSR count). The molecule has 0 spiro atoms. The van der Waals surface area contributed by atoms with Crippen molar-refractivity contribution in [2.24, 2.45) is 17.3 Å². The van der Waals surface area contributed by atoms with Crippen molar-refractivity contribution in [2.45, 2.75) is 51.6 Å². The number of aromatic nitrogens is 2.